The fraction of sp³-hybridized carbons (Fsp3) is 1.00. The smallest absolute Gasteiger partial charge is 0.107 e. The Labute approximate surface area is 84.6 Å². The lowest BCUT2D eigenvalue weighted by Gasteiger charge is -2.34. The average molecular weight is 202 g/mol. The van der Waals surface area contributed by atoms with E-state index in [-0.39, 0.29) is 5.92 Å². The van der Waals surface area contributed by atoms with Gasteiger partial charge in [-0.3, -0.25) is 4.90 Å². The number of nitrogens with one attached hydrogen (secondary N) is 1. The van der Waals surface area contributed by atoms with E-state index in [2.05, 4.69) is 10.2 Å². The SMILES string of the molecule is FC1CCNCC1CN1CCOCC1. The molecule has 2 aliphatic heterocycles. The molecule has 82 valence electrons. The maximum absolute atomic E-state index is 13.5. The van der Waals surface area contributed by atoms with Crippen LogP contribution in [0.4, 0.5) is 4.39 Å². The van der Waals surface area contributed by atoms with Gasteiger partial charge in [0, 0.05) is 32.1 Å². The van der Waals surface area contributed by atoms with E-state index in [0.29, 0.717) is 6.42 Å². The molecule has 2 aliphatic rings. The van der Waals surface area contributed by atoms with E-state index in [1.54, 1.807) is 0 Å². The summed E-state index contributed by atoms with van der Waals surface area (Å²) in [6.07, 6.45) is 0.0637. The molecule has 0 radical (unpaired) electrons. The van der Waals surface area contributed by atoms with E-state index < -0.39 is 6.17 Å². The third kappa shape index (κ3) is 2.65. The molecule has 3 nitrogen and oxygen atoms in total. The highest BCUT2D eigenvalue weighted by Crippen LogP contribution is 2.16. The number of rotatable bonds is 2. The summed E-state index contributed by atoms with van der Waals surface area (Å²) < 4.78 is 18.8. The van der Waals surface area contributed by atoms with Crippen LogP contribution in [0.15, 0.2) is 0 Å². The summed E-state index contributed by atoms with van der Waals surface area (Å²) in [5, 5.41) is 3.26. The molecule has 0 bridgehead atoms. The lowest BCUT2D eigenvalue weighted by atomic mass is 9.97. The molecule has 0 aromatic carbocycles. The number of hydrogen-bond acceptors (Lipinski definition) is 3. The Kier molecular flexibility index (Phi) is 3.73. The first-order valence-electron chi connectivity index (χ1n) is 5.51. The topological polar surface area (TPSA) is 24.5 Å². The molecule has 0 aliphatic carbocycles. The summed E-state index contributed by atoms with van der Waals surface area (Å²) in [6, 6.07) is 0. The summed E-state index contributed by atoms with van der Waals surface area (Å²) >= 11 is 0. The van der Waals surface area contributed by atoms with Gasteiger partial charge in [-0.25, -0.2) is 4.39 Å². The van der Waals surface area contributed by atoms with E-state index in [1.165, 1.54) is 0 Å². The Balaban J connectivity index is 1.76. The van der Waals surface area contributed by atoms with Gasteiger partial charge < -0.3 is 10.1 Å². The fourth-order valence-electron chi connectivity index (χ4n) is 2.19. The Morgan fingerprint density at radius 1 is 1.36 bits per heavy atom. The number of piperidine rings is 1. The van der Waals surface area contributed by atoms with E-state index in [1.807, 2.05) is 0 Å². The van der Waals surface area contributed by atoms with E-state index in [0.717, 1.165) is 45.9 Å². The van der Waals surface area contributed by atoms with Crippen molar-refractivity contribution in [2.75, 3.05) is 45.9 Å². The third-order valence-electron chi connectivity index (χ3n) is 3.11. The number of alkyl halides is 1. The third-order valence-corrected chi connectivity index (χ3v) is 3.11. The van der Waals surface area contributed by atoms with Crippen LogP contribution in [0.3, 0.4) is 0 Å². The largest absolute Gasteiger partial charge is 0.379 e. The minimum Gasteiger partial charge on any atom is -0.379 e. The zero-order valence-electron chi connectivity index (χ0n) is 8.54. The molecule has 0 amide bonds. The maximum Gasteiger partial charge on any atom is 0.107 e. The molecule has 2 fully saturated rings. The molecule has 4 heteroatoms. The quantitative estimate of drug-likeness (QED) is 0.695. The van der Waals surface area contributed by atoms with Crippen molar-refractivity contribution in [3.63, 3.8) is 0 Å². The van der Waals surface area contributed by atoms with E-state index in [4.69, 9.17) is 4.74 Å². The molecular weight excluding hydrogens is 183 g/mol. The van der Waals surface area contributed by atoms with Gasteiger partial charge in [0.05, 0.1) is 13.2 Å². The number of morpholine rings is 1. The first kappa shape index (κ1) is 10.3. The van der Waals surface area contributed by atoms with Crippen LogP contribution in [0.2, 0.25) is 0 Å². The summed E-state index contributed by atoms with van der Waals surface area (Å²) in [6.45, 7) is 6.08. The maximum atomic E-state index is 13.5. The Hall–Kier alpha value is -0.190. The first-order valence-corrected chi connectivity index (χ1v) is 5.51. The van der Waals surface area contributed by atoms with Crippen molar-refractivity contribution >= 4 is 0 Å². The fourth-order valence-corrected chi connectivity index (χ4v) is 2.19. The van der Waals surface area contributed by atoms with Gasteiger partial charge in [-0.15, -0.1) is 0 Å². The predicted molar refractivity (Wildman–Crippen MR) is 53.1 cm³/mol. The Morgan fingerprint density at radius 2 is 2.14 bits per heavy atom. The van der Waals surface area contributed by atoms with Crippen molar-refractivity contribution in [2.24, 2.45) is 5.92 Å². The molecule has 0 saturated carbocycles. The Bertz CT molecular complexity index is 174. The van der Waals surface area contributed by atoms with Crippen LogP contribution in [0, 0.1) is 5.92 Å². The summed E-state index contributed by atoms with van der Waals surface area (Å²) in [5.41, 5.74) is 0. The number of halogens is 1. The standard InChI is InChI=1S/C10H19FN2O/c11-10-1-2-12-7-9(10)8-13-3-5-14-6-4-13/h9-10,12H,1-8H2. The molecule has 14 heavy (non-hydrogen) atoms. The Morgan fingerprint density at radius 3 is 2.86 bits per heavy atom. The van der Waals surface area contributed by atoms with Gasteiger partial charge in [0.25, 0.3) is 0 Å². The molecule has 2 rings (SSSR count). The number of ether oxygens (including phenoxy) is 1. The zero-order valence-corrected chi connectivity index (χ0v) is 8.54. The van der Waals surface area contributed by atoms with Gasteiger partial charge in [-0.1, -0.05) is 0 Å². The molecule has 1 N–H and O–H groups in total. The van der Waals surface area contributed by atoms with Crippen LogP contribution < -0.4 is 5.32 Å². The van der Waals surface area contributed by atoms with Gasteiger partial charge in [-0.05, 0) is 13.0 Å². The van der Waals surface area contributed by atoms with Crippen LogP contribution >= 0.6 is 0 Å². The van der Waals surface area contributed by atoms with Gasteiger partial charge in [0.2, 0.25) is 0 Å². The van der Waals surface area contributed by atoms with Crippen molar-refractivity contribution in [3.05, 3.63) is 0 Å². The molecular formula is C10H19FN2O. The van der Waals surface area contributed by atoms with Gasteiger partial charge >= 0.3 is 0 Å². The first-order chi connectivity index (χ1) is 6.86. The molecule has 2 atom stereocenters. The molecule has 0 aromatic heterocycles. The molecule has 0 spiro atoms. The van der Waals surface area contributed by atoms with Gasteiger partial charge in [0.1, 0.15) is 6.17 Å². The van der Waals surface area contributed by atoms with Crippen molar-refractivity contribution in [2.45, 2.75) is 12.6 Å². The molecule has 2 heterocycles. The summed E-state index contributed by atoms with van der Waals surface area (Å²) in [4.78, 5) is 2.31. The van der Waals surface area contributed by atoms with E-state index in [9.17, 15) is 4.39 Å². The van der Waals surface area contributed by atoms with Crippen LogP contribution in [-0.2, 0) is 4.74 Å². The van der Waals surface area contributed by atoms with Crippen molar-refractivity contribution in [1.82, 2.24) is 10.2 Å². The lowest BCUT2D eigenvalue weighted by molar-refractivity contribution is 0.0197. The van der Waals surface area contributed by atoms with Crippen LogP contribution in [0.25, 0.3) is 0 Å². The molecule has 0 aromatic rings. The van der Waals surface area contributed by atoms with Crippen molar-refractivity contribution in [1.29, 1.82) is 0 Å². The number of hydrogen-bond donors (Lipinski definition) is 1. The average Bonchev–Trinajstić information content (AvgIpc) is 2.23. The zero-order chi connectivity index (χ0) is 9.80. The lowest BCUT2D eigenvalue weighted by Crippen LogP contribution is -2.47. The van der Waals surface area contributed by atoms with Gasteiger partial charge in [0.15, 0.2) is 0 Å². The highest BCUT2D eigenvalue weighted by Gasteiger charge is 2.26. The number of nitrogens with zero attached hydrogens (tertiary/aromatic N) is 1. The predicted octanol–water partition coefficient (Wildman–Crippen LogP) is 0.266. The normalized spacial score (nSPS) is 35.8. The molecule has 2 unspecified atom stereocenters. The molecule has 2 saturated heterocycles. The highest BCUT2D eigenvalue weighted by atomic mass is 19.1. The minimum absolute atomic E-state index is 0.182. The summed E-state index contributed by atoms with van der Waals surface area (Å²) in [5.74, 6) is 0.182. The van der Waals surface area contributed by atoms with E-state index >= 15 is 0 Å². The van der Waals surface area contributed by atoms with Crippen LogP contribution in [-0.4, -0.2) is 57.0 Å². The van der Waals surface area contributed by atoms with Crippen LogP contribution in [0.1, 0.15) is 6.42 Å². The highest BCUT2D eigenvalue weighted by molar-refractivity contribution is 4.80. The monoisotopic (exact) mass is 202 g/mol. The summed E-state index contributed by atoms with van der Waals surface area (Å²) in [7, 11) is 0. The van der Waals surface area contributed by atoms with Crippen molar-refractivity contribution in [3.8, 4) is 0 Å². The second-order valence-corrected chi connectivity index (χ2v) is 4.18. The minimum atomic E-state index is -0.612. The van der Waals surface area contributed by atoms with Gasteiger partial charge in [-0.2, -0.15) is 0 Å². The van der Waals surface area contributed by atoms with Crippen molar-refractivity contribution < 1.29 is 9.13 Å². The van der Waals surface area contributed by atoms with Crippen LogP contribution in [0.5, 0.6) is 0 Å². The second-order valence-electron chi connectivity index (χ2n) is 4.18. The second kappa shape index (κ2) is 5.05.